The van der Waals surface area contributed by atoms with Crippen LogP contribution in [-0.4, -0.2) is 18.4 Å². The molecule has 0 radical (unpaired) electrons. The fraction of sp³-hybridized carbons (Fsp3) is 0.923. The molecule has 0 aliphatic rings. The van der Waals surface area contributed by atoms with E-state index >= 15 is 0 Å². The Kier molecular flexibility index (Phi) is 7.18. The fourth-order valence-corrected chi connectivity index (χ4v) is 1.66. The third-order valence-electron chi connectivity index (χ3n) is 2.79. The summed E-state index contributed by atoms with van der Waals surface area (Å²) in [4.78, 5) is 11.5. The zero-order valence-corrected chi connectivity index (χ0v) is 11.4. The maximum Gasteiger partial charge on any atom is 0.508 e. The standard InChI is InChI=1S/C13H26O3/c1-7-11(9(3)4)15-13(14)16-12(8-2)10(5)6/h9-12H,7-8H2,1-6H3. The van der Waals surface area contributed by atoms with E-state index in [4.69, 9.17) is 9.47 Å². The molecule has 0 aliphatic heterocycles. The van der Waals surface area contributed by atoms with Gasteiger partial charge in [0.05, 0.1) is 0 Å². The third kappa shape index (κ3) is 5.38. The van der Waals surface area contributed by atoms with Crippen molar-refractivity contribution in [2.75, 3.05) is 0 Å². The van der Waals surface area contributed by atoms with E-state index in [-0.39, 0.29) is 12.2 Å². The lowest BCUT2D eigenvalue weighted by molar-refractivity contribution is -0.0263. The van der Waals surface area contributed by atoms with Crippen molar-refractivity contribution in [1.29, 1.82) is 0 Å². The van der Waals surface area contributed by atoms with E-state index in [0.29, 0.717) is 11.8 Å². The summed E-state index contributed by atoms with van der Waals surface area (Å²) in [7, 11) is 0. The molecule has 0 amide bonds. The summed E-state index contributed by atoms with van der Waals surface area (Å²) in [6.07, 6.45) is 1.03. The Hall–Kier alpha value is -0.730. The highest BCUT2D eigenvalue weighted by atomic mass is 16.7. The van der Waals surface area contributed by atoms with Gasteiger partial charge in [0, 0.05) is 0 Å². The van der Waals surface area contributed by atoms with Crippen molar-refractivity contribution >= 4 is 6.16 Å². The molecule has 0 bridgehead atoms. The van der Waals surface area contributed by atoms with Gasteiger partial charge in [-0.25, -0.2) is 4.79 Å². The Labute approximate surface area is 99.5 Å². The van der Waals surface area contributed by atoms with Gasteiger partial charge < -0.3 is 9.47 Å². The SMILES string of the molecule is CCC(OC(=O)OC(CC)C(C)C)C(C)C. The van der Waals surface area contributed by atoms with Crippen LogP contribution in [0.3, 0.4) is 0 Å². The molecule has 0 saturated heterocycles. The number of ether oxygens (including phenoxy) is 2. The minimum absolute atomic E-state index is 0.0443. The van der Waals surface area contributed by atoms with Crippen LogP contribution >= 0.6 is 0 Å². The van der Waals surface area contributed by atoms with Crippen molar-refractivity contribution in [3.05, 3.63) is 0 Å². The fourth-order valence-electron chi connectivity index (χ4n) is 1.66. The molecular weight excluding hydrogens is 204 g/mol. The van der Waals surface area contributed by atoms with Gasteiger partial charge in [-0.05, 0) is 24.7 Å². The normalized spacial score (nSPS) is 15.0. The molecule has 0 aromatic rings. The lowest BCUT2D eigenvalue weighted by Crippen LogP contribution is -2.28. The molecule has 0 spiro atoms. The van der Waals surface area contributed by atoms with Gasteiger partial charge in [0.1, 0.15) is 12.2 Å². The first-order valence-electron chi connectivity index (χ1n) is 6.29. The van der Waals surface area contributed by atoms with E-state index < -0.39 is 6.16 Å². The Bertz CT molecular complexity index is 179. The van der Waals surface area contributed by atoms with Crippen LogP contribution < -0.4 is 0 Å². The molecule has 96 valence electrons. The minimum atomic E-state index is -0.527. The van der Waals surface area contributed by atoms with E-state index in [0.717, 1.165) is 12.8 Å². The van der Waals surface area contributed by atoms with Gasteiger partial charge in [-0.2, -0.15) is 0 Å². The average Bonchev–Trinajstić information content (AvgIpc) is 2.21. The molecule has 0 heterocycles. The van der Waals surface area contributed by atoms with Crippen LogP contribution in [0.1, 0.15) is 54.4 Å². The number of rotatable bonds is 6. The molecule has 3 heteroatoms. The molecule has 0 aromatic carbocycles. The van der Waals surface area contributed by atoms with Crippen LogP contribution in [0.4, 0.5) is 4.79 Å². The number of carbonyl (C=O) groups is 1. The summed E-state index contributed by atoms with van der Waals surface area (Å²) in [6, 6.07) is 0. The van der Waals surface area contributed by atoms with Crippen molar-refractivity contribution in [1.82, 2.24) is 0 Å². The van der Waals surface area contributed by atoms with Crippen LogP contribution in [0.5, 0.6) is 0 Å². The van der Waals surface area contributed by atoms with Crippen LogP contribution in [0.2, 0.25) is 0 Å². The summed E-state index contributed by atoms with van der Waals surface area (Å²) in [5, 5.41) is 0. The topological polar surface area (TPSA) is 35.5 Å². The lowest BCUT2D eigenvalue weighted by Gasteiger charge is -2.23. The smallest absolute Gasteiger partial charge is 0.431 e. The zero-order chi connectivity index (χ0) is 12.7. The highest BCUT2D eigenvalue weighted by Crippen LogP contribution is 2.15. The molecule has 0 rings (SSSR count). The lowest BCUT2D eigenvalue weighted by atomic mass is 10.1. The van der Waals surface area contributed by atoms with Crippen LogP contribution in [0.25, 0.3) is 0 Å². The maximum absolute atomic E-state index is 11.5. The van der Waals surface area contributed by atoms with Crippen molar-refractivity contribution in [2.24, 2.45) is 11.8 Å². The number of hydrogen-bond donors (Lipinski definition) is 0. The van der Waals surface area contributed by atoms with Crippen LogP contribution in [-0.2, 0) is 9.47 Å². The summed E-state index contributed by atoms with van der Waals surface area (Å²) >= 11 is 0. The van der Waals surface area contributed by atoms with Crippen molar-refractivity contribution < 1.29 is 14.3 Å². The molecular formula is C13H26O3. The van der Waals surface area contributed by atoms with Gasteiger partial charge >= 0.3 is 6.16 Å². The number of carbonyl (C=O) groups excluding carboxylic acids is 1. The largest absolute Gasteiger partial charge is 0.508 e. The van der Waals surface area contributed by atoms with Crippen molar-refractivity contribution in [3.8, 4) is 0 Å². The van der Waals surface area contributed by atoms with Gasteiger partial charge in [-0.15, -0.1) is 0 Å². The Morgan fingerprint density at radius 2 is 1.19 bits per heavy atom. The summed E-state index contributed by atoms with van der Waals surface area (Å²) in [5.74, 6) is 0.661. The second kappa shape index (κ2) is 7.53. The molecule has 0 aromatic heterocycles. The average molecular weight is 230 g/mol. The first-order chi connectivity index (χ1) is 7.42. The van der Waals surface area contributed by atoms with Gasteiger partial charge in [0.2, 0.25) is 0 Å². The van der Waals surface area contributed by atoms with Gasteiger partial charge in [-0.3, -0.25) is 0 Å². The van der Waals surface area contributed by atoms with Crippen LogP contribution in [0, 0.1) is 11.8 Å². The molecule has 0 saturated carbocycles. The molecule has 0 fully saturated rings. The monoisotopic (exact) mass is 230 g/mol. The summed E-state index contributed by atoms with van der Waals surface area (Å²) in [6.45, 7) is 12.2. The molecule has 0 N–H and O–H groups in total. The molecule has 16 heavy (non-hydrogen) atoms. The predicted molar refractivity (Wildman–Crippen MR) is 65.4 cm³/mol. The predicted octanol–water partition coefficient (Wildman–Crippen LogP) is 4.01. The quantitative estimate of drug-likeness (QED) is 0.647. The van der Waals surface area contributed by atoms with E-state index in [9.17, 15) is 4.79 Å². The van der Waals surface area contributed by atoms with Crippen LogP contribution in [0.15, 0.2) is 0 Å². The van der Waals surface area contributed by atoms with E-state index in [1.165, 1.54) is 0 Å². The van der Waals surface area contributed by atoms with E-state index in [1.54, 1.807) is 0 Å². The Balaban J connectivity index is 4.15. The highest BCUT2D eigenvalue weighted by Gasteiger charge is 2.21. The third-order valence-corrected chi connectivity index (χ3v) is 2.79. The van der Waals surface area contributed by atoms with Crippen molar-refractivity contribution in [3.63, 3.8) is 0 Å². The highest BCUT2D eigenvalue weighted by molar-refractivity contribution is 5.60. The first-order valence-corrected chi connectivity index (χ1v) is 6.29. The van der Waals surface area contributed by atoms with E-state index in [1.807, 2.05) is 41.5 Å². The van der Waals surface area contributed by atoms with Gasteiger partial charge in [0.15, 0.2) is 0 Å². The zero-order valence-electron chi connectivity index (χ0n) is 11.4. The number of hydrogen-bond acceptors (Lipinski definition) is 3. The first kappa shape index (κ1) is 15.3. The molecule has 3 nitrogen and oxygen atoms in total. The summed E-state index contributed by atoms with van der Waals surface area (Å²) < 4.78 is 10.6. The Morgan fingerprint density at radius 3 is 1.38 bits per heavy atom. The Morgan fingerprint density at radius 1 is 0.875 bits per heavy atom. The van der Waals surface area contributed by atoms with E-state index in [2.05, 4.69) is 0 Å². The van der Waals surface area contributed by atoms with Gasteiger partial charge in [0.25, 0.3) is 0 Å². The second-order valence-electron chi connectivity index (χ2n) is 4.87. The maximum atomic E-state index is 11.5. The molecule has 2 unspecified atom stereocenters. The van der Waals surface area contributed by atoms with Gasteiger partial charge in [-0.1, -0.05) is 41.5 Å². The summed E-state index contributed by atoms with van der Waals surface area (Å²) in [5.41, 5.74) is 0. The van der Waals surface area contributed by atoms with Crippen molar-refractivity contribution in [2.45, 2.75) is 66.6 Å². The minimum Gasteiger partial charge on any atom is -0.431 e. The second-order valence-corrected chi connectivity index (χ2v) is 4.87. The molecule has 0 aliphatic carbocycles. The molecule has 2 atom stereocenters.